The first-order valence-corrected chi connectivity index (χ1v) is 6.25. The number of primary amides is 1. The molecule has 0 aromatic rings. The molecule has 0 aromatic heterocycles. The fourth-order valence-electron chi connectivity index (χ4n) is 0.587. The van der Waals surface area contributed by atoms with Crippen LogP contribution in [0.15, 0.2) is 0 Å². The predicted octanol–water partition coefficient (Wildman–Crippen LogP) is 2.63. The molecule has 0 saturated carbocycles. The highest BCUT2D eigenvalue weighted by atomic mass is 32.2. The third kappa shape index (κ3) is 24.8. The van der Waals surface area contributed by atoms with Gasteiger partial charge in [0, 0.05) is 11.8 Å². The van der Waals surface area contributed by atoms with Gasteiger partial charge < -0.3 is 11.1 Å². The number of hydrogen-bond acceptors (Lipinski definition) is 3. The van der Waals surface area contributed by atoms with E-state index in [1.54, 1.807) is 0 Å². The molecular formula is C9H20N2O2S2. The number of thioether (sulfide) groups is 1. The van der Waals surface area contributed by atoms with Crippen molar-refractivity contribution in [2.75, 3.05) is 5.75 Å². The summed E-state index contributed by atoms with van der Waals surface area (Å²) in [5.74, 6) is 0.940. The lowest BCUT2D eigenvalue weighted by Crippen LogP contribution is -2.26. The Morgan fingerprint density at radius 2 is 1.93 bits per heavy atom. The van der Waals surface area contributed by atoms with Crippen molar-refractivity contribution in [2.45, 2.75) is 39.7 Å². The van der Waals surface area contributed by atoms with Gasteiger partial charge in [-0.15, -0.1) is 0 Å². The summed E-state index contributed by atoms with van der Waals surface area (Å²) in [5.41, 5.74) is 4.34. The fourth-order valence-corrected chi connectivity index (χ4v) is 1.52. The first kappa shape index (κ1) is 17.0. The summed E-state index contributed by atoms with van der Waals surface area (Å²) in [6.07, 6.45) is 2.28. The van der Waals surface area contributed by atoms with Crippen LogP contribution in [0.1, 0.15) is 33.6 Å². The minimum absolute atomic E-state index is 0.105. The Balaban J connectivity index is 0. The van der Waals surface area contributed by atoms with Crippen LogP contribution in [-0.4, -0.2) is 22.3 Å². The predicted molar refractivity (Wildman–Crippen MR) is 69.6 cm³/mol. The maximum atomic E-state index is 11.0. The van der Waals surface area contributed by atoms with Gasteiger partial charge in [-0.25, -0.2) is 0 Å². The van der Waals surface area contributed by atoms with Gasteiger partial charge in [0.2, 0.25) is 0 Å². The Morgan fingerprint density at radius 1 is 1.47 bits per heavy atom. The molecule has 0 rings (SSSR count). The van der Waals surface area contributed by atoms with E-state index in [1.807, 2.05) is 13.8 Å². The van der Waals surface area contributed by atoms with Gasteiger partial charge in [-0.1, -0.05) is 37.7 Å². The number of rotatable bonds is 4. The van der Waals surface area contributed by atoms with Crippen LogP contribution in [0.4, 0.5) is 9.59 Å². The van der Waals surface area contributed by atoms with Crippen molar-refractivity contribution >= 4 is 34.9 Å². The maximum absolute atomic E-state index is 11.0. The molecule has 6 heteroatoms. The molecule has 0 aliphatic carbocycles. The van der Waals surface area contributed by atoms with E-state index in [2.05, 4.69) is 30.6 Å². The molecule has 0 heterocycles. The average molecular weight is 252 g/mol. The van der Waals surface area contributed by atoms with Gasteiger partial charge >= 0.3 is 0 Å². The number of amides is 2. The van der Waals surface area contributed by atoms with E-state index in [-0.39, 0.29) is 11.3 Å². The number of unbranched alkanes of at least 4 members (excludes halogenated alkanes) is 1. The van der Waals surface area contributed by atoms with E-state index in [9.17, 15) is 4.79 Å². The molecule has 0 unspecified atom stereocenters. The highest BCUT2D eigenvalue weighted by Crippen LogP contribution is 2.05. The summed E-state index contributed by atoms with van der Waals surface area (Å²) < 4.78 is 0. The smallest absolute Gasteiger partial charge is 0.279 e. The normalized spacial score (nSPS) is 9.13. The van der Waals surface area contributed by atoms with E-state index in [0.29, 0.717) is 0 Å². The maximum Gasteiger partial charge on any atom is 0.279 e. The quantitative estimate of drug-likeness (QED) is 0.532. The molecule has 0 bridgehead atoms. The van der Waals surface area contributed by atoms with Crippen molar-refractivity contribution in [3.63, 3.8) is 0 Å². The van der Waals surface area contributed by atoms with Crippen LogP contribution < -0.4 is 11.1 Å². The molecule has 2 amide bonds. The number of thiol groups is 1. The highest BCUT2D eigenvalue weighted by molar-refractivity contribution is 8.13. The standard InChI is InChI=1S/C8H17NOS.CH3NOS/c1-4-5-6-11-8(10)9-7(2)3;2-1(3)4/h7H,4-6H2,1-3H3,(H,9,10);(H3,2,3,4). The van der Waals surface area contributed by atoms with E-state index < -0.39 is 5.24 Å². The van der Waals surface area contributed by atoms with Gasteiger partial charge in [0.1, 0.15) is 0 Å². The zero-order valence-corrected chi connectivity index (χ0v) is 11.2. The Morgan fingerprint density at radius 3 is 2.27 bits per heavy atom. The number of carbonyl (C=O) groups is 2. The number of nitrogens with two attached hydrogens (primary N) is 1. The molecule has 90 valence electrons. The highest BCUT2D eigenvalue weighted by Gasteiger charge is 2.01. The van der Waals surface area contributed by atoms with Crippen LogP contribution in [0.25, 0.3) is 0 Å². The van der Waals surface area contributed by atoms with Gasteiger partial charge in [0.25, 0.3) is 10.5 Å². The summed E-state index contributed by atoms with van der Waals surface area (Å²) in [5, 5.41) is 2.29. The zero-order chi connectivity index (χ0) is 12.3. The van der Waals surface area contributed by atoms with Crippen molar-refractivity contribution in [3.05, 3.63) is 0 Å². The Hall–Kier alpha value is -0.360. The Labute approximate surface area is 101 Å². The molecule has 0 fully saturated rings. The second-order valence-electron chi connectivity index (χ2n) is 3.13. The monoisotopic (exact) mass is 252 g/mol. The SMILES string of the molecule is CCCCSC(=O)NC(C)C.NC(=O)S. The number of carbonyl (C=O) groups excluding carboxylic acids is 2. The summed E-state index contributed by atoms with van der Waals surface area (Å²) in [4.78, 5) is 20.1. The van der Waals surface area contributed by atoms with Crippen molar-refractivity contribution in [2.24, 2.45) is 5.73 Å². The van der Waals surface area contributed by atoms with Crippen LogP contribution in [0.2, 0.25) is 0 Å². The second kappa shape index (κ2) is 11.7. The largest absolute Gasteiger partial charge is 0.361 e. The fraction of sp³-hybridized carbons (Fsp3) is 0.778. The molecular weight excluding hydrogens is 232 g/mol. The number of hydrogen-bond donors (Lipinski definition) is 3. The molecule has 15 heavy (non-hydrogen) atoms. The van der Waals surface area contributed by atoms with Crippen molar-refractivity contribution in [1.82, 2.24) is 5.32 Å². The molecule has 0 saturated heterocycles. The molecule has 0 radical (unpaired) electrons. The topological polar surface area (TPSA) is 72.2 Å². The lowest BCUT2D eigenvalue weighted by atomic mass is 10.4. The zero-order valence-electron chi connectivity index (χ0n) is 9.45. The Bertz CT molecular complexity index is 183. The molecule has 0 atom stereocenters. The van der Waals surface area contributed by atoms with Gasteiger partial charge in [-0.2, -0.15) is 0 Å². The van der Waals surface area contributed by atoms with Gasteiger partial charge in [0.15, 0.2) is 0 Å². The first-order chi connectivity index (χ1) is 6.90. The Kier molecular flexibility index (Phi) is 13.3. The molecule has 0 aliphatic rings. The van der Waals surface area contributed by atoms with Crippen molar-refractivity contribution < 1.29 is 9.59 Å². The molecule has 3 N–H and O–H groups in total. The summed E-state index contributed by atoms with van der Waals surface area (Å²) in [6, 6.07) is 0.261. The number of nitrogens with one attached hydrogen (secondary N) is 1. The molecule has 4 nitrogen and oxygen atoms in total. The van der Waals surface area contributed by atoms with Crippen molar-refractivity contribution in [3.8, 4) is 0 Å². The summed E-state index contributed by atoms with van der Waals surface area (Å²) in [6.45, 7) is 6.07. The summed E-state index contributed by atoms with van der Waals surface area (Å²) >= 11 is 4.48. The van der Waals surface area contributed by atoms with E-state index in [4.69, 9.17) is 4.79 Å². The minimum Gasteiger partial charge on any atom is -0.361 e. The lowest BCUT2D eigenvalue weighted by Gasteiger charge is -2.06. The minimum atomic E-state index is -0.639. The lowest BCUT2D eigenvalue weighted by molar-refractivity contribution is 0.258. The van der Waals surface area contributed by atoms with Crippen LogP contribution in [0, 0.1) is 0 Å². The van der Waals surface area contributed by atoms with Gasteiger partial charge in [0.05, 0.1) is 0 Å². The third-order valence-corrected chi connectivity index (χ3v) is 2.01. The van der Waals surface area contributed by atoms with Crippen LogP contribution in [0.5, 0.6) is 0 Å². The molecule has 0 aromatic carbocycles. The molecule has 0 aliphatic heterocycles. The average Bonchev–Trinajstić information content (AvgIpc) is 2.02. The van der Waals surface area contributed by atoms with E-state index in [0.717, 1.165) is 18.6 Å². The first-order valence-electron chi connectivity index (χ1n) is 4.81. The van der Waals surface area contributed by atoms with Crippen LogP contribution in [-0.2, 0) is 0 Å². The van der Waals surface area contributed by atoms with Gasteiger partial charge in [-0.05, 0) is 20.3 Å². The van der Waals surface area contributed by atoms with Crippen molar-refractivity contribution in [1.29, 1.82) is 0 Å². The third-order valence-electron chi connectivity index (χ3n) is 1.14. The second-order valence-corrected chi connectivity index (χ2v) is 4.64. The van der Waals surface area contributed by atoms with Crippen LogP contribution >= 0.6 is 24.4 Å². The van der Waals surface area contributed by atoms with E-state index >= 15 is 0 Å². The van der Waals surface area contributed by atoms with Crippen LogP contribution in [0.3, 0.4) is 0 Å². The van der Waals surface area contributed by atoms with Gasteiger partial charge in [-0.3, -0.25) is 9.59 Å². The molecule has 0 spiro atoms. The summed E-state index contributed by atoms with van der Waals surface area (Å²) in [7, 11) is 0. The van der Waals surface area contributed by atoms with E-state index in [1.165, 1.54) is 11.8 Å².